The zero-order valence-electron chi connectivity index (χ0n) is 31.5. The first-order valence-corrected chi connectivity index (χ1v) is 18.3. The number of carbonyl (C=O) groups excluding carboxylic acids is 3. The van der Waals surface area contributed by atoms with Gasteiger partial charge in [0.2, 0.25) is 5.91 Å². The second kappa shape index (κ2) is 26.0. The number of hydrogen-bond acceptors (Lipinski definition) is 12. The fraction of sp³-hybridized carbons (Fsp3) is 0.806. The molecule has 0 rings (SSSR count). The Hall–Kier alpha value is -3.83. The molecule has 0 aliphatic heterocycles. The first-order valence-electron chi connectivity index (χ1n) is 18.3. The number of ether oxygens (including phenoxy) is 2. The number of aliphatic hydroxyl groups excluding tert-OH is 3. The molecule has 17 nitrogen and oxygen atoms in total. The molecule has 8 N–H and O–H groups in total. The molecule has 0 aromatic rings. The first-order chi connectivity index (χ1) is 24.7. The molecule has 0 aromatic carbocycles. The lowest BCUT2D eigenvalue weighted by atomic mass is 9.87. The first kappa shape index (κ1) is 49.2. The van der Waals surface area contributed by atoms with Gasteiger partial charge < -0.3 is 50.5 Å². The van der Waals surface area contributed by atoms with Gasteiger partial charge in [-0.25, -0.2) is 0 Å². The number of amides is 1. The molecule has 0 bridgehead atoms. The minimum Gasteiger partial charge on any atom is -0.481 e. The van der Waals surface area contributed by atoms with Gasteiger partial charge in [-0.15, -0.1) is 0 Å². The highest BCUT2D eigenvalue weighted by Crippen LogP contribution is 2.29. The van der Waals surface area contributed by atoms with Crippen LogP contribution in [0.3, 0.4) is 0 Å². The number of aliphatic carboxylic acids is 4. The van der Waals surface area contributed by atoms with E-state index in [0.717, 1.165) is 6.42 Å². The molecule has 0 aliphatic rings. The molecule has 0 aromatic heterocycles. The van der Waals surface area contributed by atoms with Crippen LogP contribution in [0.1, 0.15) is 125 Å². The number of unbranched alkanes of at least 4 members (excludes halogenated alkanes) is 2. The predicted molar refractivity (Wildman–Crippen MR) is 187 cm³/mol. The number of hydrogen-bond donors (Lipinski definition) is 8. The monoisotopic (exact) mass is 763 g/mol. The van der Waals surface area contributed by atoms with Crippen LogP contribution in [0.15, 0.2) is 0 Å². The Morgan fingerprint density at radius 1 is 0.623 bits per heavy atom. The van der Waals surface area contributed by atoms with Gasteiger partial charge in [0.05, 0.1) is 61.9 Å². The molecule has 306 valence electrons. The fourth-order valence-electron chi connectivity index (χ4n) is 6.09. The molecule has 0 spiro atoms. The number of rotatable bonds is 30. The average molecular weight is 764 g/mol. The fourth-order valence-corrected chi connectivity index (χ4v) is 6.09. The van der Waals surface area contributed by atoms with Crippen molar-refractivity contribution in [3.63, 3.8) is 0 Å². The lowest BCUT2D eigenvalue weighted by molar-refractivity contribution is -0.177. The van der Waals surface area contributed by atoms with Crippen molar-refractivity contribution < 1.29 is 78.8 Å². The summed E-state index contributed by atoms with van der Waals surface area (Å²) in [5, 5.41) is 71.0. The van der Waals surface area contributed by atoms with Crippen LogP contribution in [0, 0.1) is 23.7 Å². The summed E-state index contributed by atoms with van der Waals surface area (Å²) >= 11 is 0. The normalized spacial score (nSPS) is 17.1. The van der Waals surface area contributed by atoms with E-state index in [1.165, 1.54) is 6.92 Å². The molecule has 2 unspecified atom stereocenters. The van der Waals surface area contributed by atoms with Crippen LogP contribution in [-0.2, 0) is 43.0 Å². The molecule has 1 amide bonds. The smallest absolute Gasteiger partial charge is 0.307 e. The number of carboxylic acids is 4. The maximum Gasteiger partial charge on any atom is 0.307 e. The summed E-state index contributed by atoms with van der Waals surface area (Å²) < 4.78 is 11.4. The molecule has 17 heteroatoms. The third-order valence-corrected chi connectivity index (χ3v) is 9.01. The van der Waals surface area contributed by atoms with Gasteiger partial charge in [0, 0.05) is 13.3 Å². The molecule has 0 radical (unpaired) electrons. The standard InChI is InChI=1S/C36H61NO16/c1-6-7-10-21(3)34(53-33(47)18-25(36(50)51)16-31(44)45)29(52-32(46)17-24(35(48)49)15-30(42)43)14-20(2)13-26(39)11-8-9-12-27(40)19-28(41)22(4)37-23(5)38/h20-22,24-29,34,39-41H,6-19H2,1-5H3,(H,37,38)(H,42,43)(H,44,45)(H,48,49)(H,50,51)/t20-,21+,22-,24+,25+,26+,27+,28-,29?,34?/m0/s1. The summed E-state index contributed by atoms with van der Waals surface area (Å²) in [5.41, 5.74) is 0. The van der Waals surface area contributed by atoms with Crippen molar-refractivity contribution in [2.24, 2.45) is 23.7 Å². The minimum atomic E-state index is -1.60. The molecule has 53 heavy (non-hydrogen) atoms. The van der Waals surface area contributed by atoms with E-state index >= 15 is 0 Å². The van der Waals surface area contributed by atoms with Crippen molar-refractivity contribution in [2.45, 2.75) is 161 Å². The molecule has 10 atom stereocenters. The Labute approximate surface area is 310 Å². The number of carbonyl (C=O) groups is 7. The van der Waals surface area contributed by atoms with E-state index in [0.29, 0.717) is 38.5 Å². The summed E-state index contributed by atoms with van der Waals surface area (Å²) in [6.07, 6.45) is -4.36. The highest BCUT2D eigenvalue weighted by Gasteiger charge is 2.37. The van der Waals surface area contributed by atoms with E-state index in [-0.39, 0.29) is 31.1 Å². The minimum absolute atomic E-state index is 0.00838. The van der Waals surface area contributed by atoms with Crippen LogP contribution >= 0.6 is 0 Å². The Balaban J connectivity index is 5.90. The van der Waals surface area contributed by atoms with Crippen LogP contribution in [0.5, 0.6) is 0 Å². The predicted octanol–water partition coefficient (Wildman–Crippen LogP) is 2.74. The van der Waals surface area contributed by atoms with Gasteiger partial charge in [0.15, 0.2) is 0 Å². The van der Waals surface area contributed by atoms with Crippen molar-refractivity contribution in [3.05, 3.63) is 0 Å². The Morgan fingerprint density at radius 2 is 1.09 bits per heavy atom. The van der Waals surface area contributed by atoms with Gasteiger partial charge in [-0.3, -0.25) is 33.6 Å². The zero-order chi connectivity index (χ0) is 40.8. The summed E-state index contributed by atoms with van der Waals surface area (Å²) in [6, 6.07) is -0.534. The Bertz CT molecular complexity index is 1180. The molecular formula is C36H61NO16. The topological polar surface area (TPSA) is 292 Å². The summed E-state index contributed by atoms with van der Waals surface area (Å²) in [4.78, 5) is 83.0. The molecule has 0 saturated heterocycles. The number of carboxylic acid groups (broad SMARTS) is 4. The van der Waals surface area contributed by atoms with Crippen molar-refractivity contribution in [1.82, 2.24) is 5.32 Å². The molecule has 0 fully saturated rings. The highest BCUT2D eigenvalue weighted by molar-refractivity contribution is 5.84. The second-order valence-corrected chi connectivity index (χ2v) is 14.2. The number of nitrogens with one attached hydrogen (secondary N) is 1. The van der Waals surface area contributed by atoms with Crippen molar-refractivity contribution >= 4 is 41.7 Å². The van der Waals surface area contributed by atoms with Gasteiger partial charge in [0.25, 0.3) is 0 Å². The lowest BCUT2D eigenvalue weighted by Gasteiger charge is -2.33. The largest absolute Gasteiger partial charge is 0.481 e. The van der Waals surface area contributed by atoms with Gasteiger partial charge in [0.1, 0.15) is 12.2 Å². The quantitative estimate of drug-likeness (QED) is 0.0385. The Kier molecular flexibility index (Phi) is 24.1. The SMILES string of the molecule is CCCC[C@@H](C)C(OC(=O)C[C@@H](CC(=O)O)C(=O)O)C(C[C@@H](C)C[C@H](O)CCCC[C@@H](O)C[C@H](O)[C@H](C)NC(C)=O)OC(=O)C[C@@H](CC(=O)O)C(=O)O. The zero-order valence-corrected chi connectivity index (χ0v) is 31.5. The Morgan fingerprint density at radius 3 is 1.53 bits per heavy atom. The van der Waals surface area contributed by atoms with E-state index in [9.17, 15) is 59.1 Å². The second-order valence-electron chi connectivity index (χ2n) is 14.2. The van der Waals surface area contributed by atoms with Gasteiger partial charge in [-0.05, 0) is 50.9 Å². The van der Waals surface area contributed by atoms with Gasteiger partial charge in [-0.1, -0.05) is 46.5 Å². The van der Waals surface area contributed by atoms with Crippen molar-refractivity contribution in [3.8, 4) is 0 Å². The summed E-state index contributed by atoms with van der Waals surface area (Å²) in [7, 11) is 0. The summed E-state index contributed by atoms with van der Waals surface area (Å²) in [5.74, 6) is -12.4. The van der Waals surface area contributed by atoms with Crippen LogP contribution in [0.2, 0.25) is 0 Å². The summed E-state index contributed by atoms with van der Waals surface area (Å²) in [6.45, 7) is 8.35. The molecule has 0 heterocycles. The number of aliphatic hydroxyl groups is 3. The third-order valence-electron chi connectivity index (χ3n) is 9.01. The van der Waals surface area contributed by atoms with Crippen LogP contribution in [0.4, 0.5) is 0 Å². The van der Waals surface area contributed by atoms with Crippen LogP contribution < -0.4 is 5.32 Å². The average Bonchev–Trinajstić information content (AvgIpc) is 3.02. The van der Waals surface area contributed by atoms with Crippen LogP contribution in [0.25, 0.3) is 0 Å². The third kappa shape index (κ3) is 22.8. The highest BCUT2D eigenvalue weighted by atomic mass is 16.6. The van der Waals surface area contributed by atoms with Crippen molar-refractivity contribution in [2.75, 3.05) is 0 Å². The molecule has 0 aliphatic carbocycles. The number of esters is 2. The molecule has 0 saturated carbocycles. The van der Waals surface area contributed by atoms with E-state index in [1.54, 1.807) is 20.8 Å². The maximum absolute atomic E-state index is 13.1. The van der Waals surface area contributed by atoms with E-state index in [2.05, 4.69) is 5.32 Å². The maximum atomic E-state index is 13.1. The van der Waals surface area contributed by atoms with Crippen LogP contribution in [-0.4, -0.2) is 114 Å². The van der Waals surface area contributed by atoms with Crippen molar-refractivity contribution in [1.29, 1.82) is 0 Å². The lowest BCUT2D eigenvalue weighted by Crippen LogP contribution is -2.42. The molecular weight excluding hydrogens is 702 g/mol. The van der Waals surface area contributed by atoms with E-state index < -0.39 is 116 Å². The van der Waals surface area contributed by atoms with Gasteiger partial charge >= 0.3 is 35.8 Å². The van der Waals surface area contributed by atoms with E-state index in [4.69, 9.17) is 19.7 Å². The van der Waals surface area contributed by atoms with E-state index in [1.807, 2.05) is 6.92 Å². The van der Waals surface area contributed by atoms with Gasteiger partial charge in [-0.2, -0.15) is 0 Å².